The summed E-state index contributed by atoms with van der Waals surface area (Å²) in [7, 11) is 1.68. The van der Waals surface area contributed by atoms with Crippen LogP contribution >= 0.6 is 11.8 Å². The summed E-state index contributed by atoms with van der Waals surface area (Å²) in [6.07, 6.45) is 2.26. The minimum Gasteiger partial charge on any atom is -0.384 e. The highest BCUT2D eigenvalue weighted by Gasteiger charge is 2.28. The first-order valence-electron chi connectivity index (χ1n) is 3.94. The minimum absolute atomic E-state index is 0.421. The molecule has 11 heavy (non-hydrogen) atoms. The van der Waals surface area contributed by atoms with Crippen molar-refractivity contribution < 1.29 is 9.53 Å². The molecule has 1 fully saturated rings. The summed E-state index contributed by atoms with van der Waals surface area (Å²) in [6.45, 7) is 0.753. The lowest BCUT2D eigenvalue weighted by Crippen LogP contribution is -2.05. The van der Waals surface area contributed by atoms with Crippen LogP contribution in [-0.4, -0.2) is 31.0 Å². The second-order valence-electron chi connectivity index (χ2n) is 2.79. The van der Waals surface area contributed by atoms with Gasteiger partial charge in [-0.15, -0.1) is 0 Å². The maximum absolute atomic E-state index is 11.1. The van der Waals surface area contributed by atoms with Gasteiger partial charge in [-0.1, -0.05) is 0 Å². The van der Waals surface area contributed by atoms with Gasteiger partial charge < -0.3 is 4.74 Å². The summed E-state index contributed by atoms with van der Waals surface area (Å²) in [5.74, 6) is 2.49. The lowest BCUT2D eigenvalue weighted by molar-refractivity contribution is -0.117. The topological polar surface area (TPSA) is 26.3 Å². The van der Waals surface area contributed by atoms with Crippen molar-refractivity contribution in [2.24, 2.45) is 5.92 Å². The molecule has 0 aromatic carbocycles. The van der Waals surface area contributed by atoms with E-state index in [-0.39, 0.29) is 0 Å². The van der Waals surface area contributed by atoms with Gasteiger partial charge in [0, 0.05) is 18.8 Å². The maximum atomic E-state index is 11.1. The monoisotopic (exact) mass is 174 g/mol. The van der Waals surface area contributed by atoms with Gasteiger partial charge in [-0.05, 0) is 12.8 Å². The Hall–Kier alpha value is -0.0200. The Bertz CT molecular complexity index is 132. The van der Waals surface area contributed by atoms with E-state index in [0.29, 0.717) is 17.5 Å². The van der Waals surface area contributed by atoms with Gasteiger partial charge in [0.05, 0.1) is 12.4 Å². The number of ketones is 1. The molecule has 0 bridgehead atoms. The Morgan fingerprint density at radius 3 is 2.91 bits per heavy atom. The highest BCUT2D eigenvalue weighted by atomic mass is 32.2. The van der Waals surface area contributed by atoms with E-state index < -0.39 is 0 Å². The van der Waals surface area contributed by atoms with Gasteiger partial charge >= 0.3 is 0 Å². The highest BCUT2D eigenvalue weighted by Crippen LogP contribution is 2.30. The standard InChI is InChI=1S/C8H14O2S/c1-10-4-5-11-6-8(9)7-2-3-7/h7H,2-6H2,1H3. The van der Waals surface area contributed by atoms with Crippen molar-refractivity contribution in [1.29, 1.82) is 0 Å². The molecule has 0 N–H and O–H groups in total. The number of methoxy groups -OCH3 is 1. The van der Waals surface area contributed by atoms with Crippen LogP contribution in [0.2, 0.25) is 0 Å². The molecular formula is C8H14O2S. The minimum atomic E-state index is 0.421. The van der Waals surface area contributed by atoms with Gasteiger partial charge in [-0.3, -0.25) is 4.79 Å². The van der Waals surface area contributed by atoms with Gasteiger partial charge in [0.25, 0.3) is 0 Å². The molecule has 1 aliphatic rings. The second-order valence-corrected chi connectivity index (χ2v) is 3.89. The van der Waals surface area contributed by atoms with Crippen LogP contribution in [0.25, 0.3) is 0 Å². The molecule has 3 heteroatoms. The van der Waals surface area contributed by atoms with E-state index in [1.54, 1.807) is 18.9 Å². The van der Waals surface area contributed by atoms with Gasteiger partial charge in [0.2, 0.25) is 0 Å². The van der Waals surface area contributed by atoms with Crippen molar-refractivity contribution in [3.05, 3.63) is 0 Å². The Morgan fingerprint density at radius 1 is 1.64 bits per heavy atom. The molecule has 0 aromatic rings. The zero-order chi connectivity index (χ0) is 8.10. The van der Waals surface area contributed by atoms with E-state index in [1.165, 1.54) is 0 Å². The summed E-state index contributed by atoms with van der Waals surface area (Å²) in [5, 5.41) is 0. The van der Waals surface area contributed by atoms with E-state index in [2.05, 4.69) is 0 Å². The highest BCUT2D eigenvalue weighted by molar-refractivity contribution is 7.99. The van der Waals surface area contributed by atoms with E-state index in [9.17, 15) is 4.79 Å². The van der Waals surface area contributed by atoms with E-state index in [0.717, 1.165) is 25.2 Å². The number of hydrogen-bond donors (Lipinski definition) is 0. The van der Waals surface area contributed by atoms with Crippen molar-refractivity contribution >= 4 is 17.5 Å². The lowest BCUT2D eigenvalue weighted by atomic mass is 10.3. The average Bonchev–Trinajstić information content (AvgIpc) is 2.79. The molecule has 0 atom stereocenters. The van der Waals surface area contributed by atoms with Crippen LogP contribution < -0.4 is 0 Å². The fourth-order valence-corrected chi connectivity index (χ4v) is 1.70. The number of rotatable bonds is 6. The van der Waals surface area contributed by atoms with Crippen LogP contribution in [0.15, 0.2) is 0 Å². The summed E-state index contributed by atoms with van der Waals surface area (Å²) < 4.78 is 4.87. The van der Waals surface area contributed by atoms with Crippen LogP contribution in [0.5, 0.6) is 0 Å². The van der Waals surface area contributed by atoms with Crippen LogP contribution in [0, 0.1) is 5.92 Å². The predicted molar refractivity (Wildman–Crippen MR) is 46.9 cm³/mol. The van der Waals surface area contributed by atoms with Gasteiger partial charge in [-0.25, -0.2) is 0 Å². The SMILES string of the molecule is COCCSCC(=O)C1CC1. The quantitative estimate of drug-likeness (QED) is 0.568. The van der Waals surface area contributed by atoms with Crippen molar-refractivity contribution in [1.82, 2.24) is 0 Å². The molecule has 0 heterocycles. The number of carbonyl (C=O) groups is 1. The molecule has 0 aliphatic heterocycles. The van der Waals surface area contributed by atoms with E-state index in [4.69, 9.17) is 4.74 Å². The molecule has 0 spiro atoms. The first-order chi connectivity index (χ1) is 5.34. The Balaban J connectivity index is 1.89. The third kappa shape index (κ3) is 3.77. The van der Waals surface area contributed by atoms with Crippen molar-refractivity contribution in [2.45, 2.75) is 12.8 Å². The van der Waals surface area contributed by atoms with Gasteiger partial charge in [0.1, 0.15) is 5.78 Å². The smallest absolute Gasteiger partial charge is 0.145 e. The Morgan fingerprint density at radius 2 is 2.36 bits per heavy atom. The van der Waals surface area contributed by atoms with Gasteiger partial charge in [-0.2, -0.15) is 11.8 Å². The molecule has 1 aliphatic carbocycles. The van der Waals surface area contributed by atoms with Crippen LogP contribution in [0.4, 0.5) is 0 Å². The first-order valence-corrected chi connectivity index (χ1v) is 5.09. The summed E-state index contributed by atoms with van der Waals surface area (Å²) >= 11 is 1.68. The van der Waals surface area contributed by atoms with Gasteiger partial charge in [0.15, 0.2) is 0 Å². The fraction of sp³-hybridized carbons (Fsp3) is 0.875. The normalized spacial score (nSPS) is 16.8. The third-order valence-corrected chi connectivity index (χ3v) is 2.65. The molecule has 0 unspecified atom stereocenters. The van der Waals surface area contributed by atoms with Crippen molar-refractivity contribution in [3.63, 3.8) is 0 Å². The summed E-state index contributed by atoms with van der Waals surface area (Å²) in [6, 6.07) is 0. The molecule has 1 rings (SSSR count). The predicted octanol–water partition coefficient (Wildman–Crippen LogP) is 1.35. The number of thioether (sulfide) groups is 1. The zero-order valence-electron chi connectivity index (χ0n) is 6.84. The zero-order valence-corrected chi connectivity index (χ0v) is 7.65. The molecule has 64 valence electrons. The molecule has 0 aromatic heterocycles. The van der Waals surface area contributed by atoms with E-state index >= 15 is 0 Å². The molecule has 0 saturated heterocycles. The van der Waals surface area contributed by atoms with Crippen LogP contribution in [-0.2, 0) is 9.53 Å². The number of ether oxygens (including phenoxy) is 1. The van der Waals surface area contributed by atoms with Crippen molar-refractivity contribution in [3.8, 4) is 0 Å². The fourth-order valence-electron chi connectivity index (χ4n) is 0.838. The summed E-state index contributed by atoms with van der Waals surface area (Å²) in [4.78, 5) is 11.1. The molecule has 1 saturated carbocycles. The average molecular weight is 174 g/mol. The summed E-state index contributed by atoms with van der Waals surface area (Å²) in [5.41, 5.74) is 0. The first kappa shape index (κ1) is 9.07. The second kappa shape index (κ2) is 4.78. The van der Waals surface area contributed by atoms with Crippen LogP contribution in [0.1, 0.15) is 12.8 Å². The maximum Gasteiger partial charge on any atom is 0.145 e. The Labute approximate surface area is 71.7 Å². The molecule has 0 radical (unpaired) electrons. The molecule has 2 nitrogen and oxygen atoms in total. The number of carbonyl (C=O) groups excluding carboxylic acids is 1. The lowest BCUT2D eigenvalue weighted by Gasteiger charge is -1.98. The Kier molecular flexibility index (Phi) is 3.94. The van der Waals surface area contributed by atoms with Crippen molar-refractivity contribution in [2.75, 3.05) is 25.2 Å². The molecular weight excluding hydrogens is 160 g/mol. The third-order valence-electron chi connectivity index (χ3n) is 1.71. The van der Waals surface area contributed by atoms with Crippen LogP contribution in [0.3, 0.4) is 0 Å². The largest absolute Gasteiger partial charge is 0.384 e. The number of hydrogen-bond acceptors (Lipinski definition) is 3. The molecule has 0 amide bonds. The van der Waals surface area contributed by atoms with E-state index in [1.807, 2.05) is 0 Å². The number of Topliss-reactive ketones (excluding diaryl/α,β-unsaturated/α-hetero) is 1.